The van der Waals surface area contributed by atoms with Crippen LogP contribution in [0.5, 0.6) is 0 Å². The second-order valence-electron chi connectivity index (χ2n) is 9.60. The molecule has 0 bridgehead atoms. The van der Waals surface area contributed by atoms with E-state index >= 15 is 0 Å². The Labute approximate surface area is 232 Å². The molecule has 2 N–H and O–H groups in total. The van der Waals surface area contributed by atoms with Gasteiger partial charge in [0.15, 0.2) is 0 Å². The average molecular weight is 552 g/mol. The van der Waals surface area contributed by atoms with Crippen molar-refractivity contribution in [2.24, 2.45) is 0 Å². The Morgan fingerprint density at radius 2 is 1.57 bits per heavy atom. The minimum absolute atomic E-state index is 0.0423. The first-order valence-electron chi connectivity index (χ1n) is 13.3. The van der Waals surface area contributed by atoms with Crippen molar-refractivity contribution in [3.63, 3.8) is 0 Å². The summed E-state index contributed by atoms with van der Waals surface area (Å²) in [6.45, 7) is 0.744. The molecule has 11 nitrogen and oxygen atoms in total. The number of carbonyl (C=O) groups is 5. The number of hydroxylamine groups is 2. The number of hydrogen-bond donors (Lipinski definition) is 2. The number of ether oxygens (including phenoxy) is 2. The van der Waals surface area contributed by atoms with Crippen molar-refractivity contribution < 1.29 is 38.3 Å². The molecule has 1 saturated heterocycles. The van der Waals surface area contributed by atoms with E-state index in [1.165, 1.54) is 7.11 Å². The van der Waals surface area contributed by atoms with Crippen molar-refractivity contribution in [2.45, 2.75) is 50.5 Å². The minimum atomic E-state index is -1.17. The number of rotatable bonds is 13. The van der Waals surface area contributed by atoms with Crippen LogP contribution in [0.25, 0.3) is 11.1 Å². The Morgan fingerprint density at radius 1 is 0.950 bits per heavy atom. The van der Waals surface area contributed by atoms with Crippen LogP contribution in [0.3, 0.4) is 0 Å². The quantitative estimate of drug-likeness (QED) is 0.286. The van der Waals surface area contributed by atoms with Crippen molar-refractivity contribution in [1.82, 2.24) is 15.7 Å². The van der Waals surface area contributed by atoms with Crippen LogP contribution in [0.4, 0.5) is 4.79 Å². The molecule has 2 aromatic carbocycles. The normalized spacial score (nSPS) is 14.9. The maximum atomic E-state index is 12.9. The molecule has 0 unspecified atom stereocenters. The van der Waals surface area contributed by atoms with Gasteiger partial charge in [-0.1, -0.05) is 48.5 Å². The number of imide groups is 1. The third-order valence-electron chi connectivity index (χ3n) is 6.88. The van der Waals surface area contributed by atoms with Gasteiger partial charge in [0, 0.05) is 38.8 Å². The third-order valence-corrected chi connectivity index (χ3v) is 6.88. The first-order chi connectivity index (χ1) is 19.4. The van der Waals surface area contributed by atoms with Crippen LogP contribution < -0.4 is 10.6 Å². The molecule has 1 atom stereocenters. The molecule has 1 aliphatic heterocycles. The molecular formula is C29H33N3O8. The van der Waals surface area contributed by atoms with Crippen molar-refractivity contribution in [3.05, 3.63) is 59.7 Å². The fourth-order valence-electron chi connectivity index (χ4n) is 4.83. The molecule has 1 aliphatic carbocycles. The van der Waals surface area contributed by atoms with Gasteiger partial charge in [-0.15, -0.1) is 5.06 Å². The van der Waals surface area contributed by atoms with Gasteiger partial charge in [-0.05, 0) is 41.5 Å². The molecule has 2 aliphatic rings. The Bertz CT molecular complexity index is 1200. The van der Waals surface area contributed by atoms with E-state index in [-0.39, 0.29) is 44.1 Å². The van der Waals surface area contributed by atoms with Crippen LogP contribution >= 0.6 is 0 Å². The van der Waals surface area contributed by atoms with Crippen LogP contribution in [0.15, 0.2) is 48.5 Å². The minimum Gasteiger partial charge on any atom is -0.449 e. The number of carbonyl (C=O) groups excluding carboxylic acids is 5. The van der Waals surface area contributed by atoms with Gasteiger partial charge >= 0.3 is 12.1 Å². The molecule has 11 heteroatoms. The van der Waals surface area contributed by atoms with E-state index in [2.05, 4.69) is 10.6 Å². The summed E-state index contributed by atoms with van der Waals surface area (Å²) in [5.74, 6) is -2.49. The van der Waals surface area contributed by atoms with Gasteiger partial charge in [0.25, 0.3) is 11.8 Å². The van der Waals surface area contributed by atoms with Crippen LogP contribution in [-0.4, -0.2) is 67.8 Å². The summed E-state index contributed by atoms with van der Waals surface area (Å²) >= 11 is 0. The number of fused-ring (bicyclic) bond motifs is 3. The number of unbranched alkanes of at least 4 members (excludes halogenated alkanes) is 1. The highest BCUT2D eigenvalue weighted by atomic mass is 16.7. The topological polar surface area (TPSA) is 140 Å². The van der Waals surface area contributed by atoms with Crippen molar-refractivity contribution in [2.75, 3.05) is 26.9 Å². The Balaban J connectivity index is 1.35. The highest BCUT2D eigenvalue weighted by Crippen LogP contribution is 2.44. The summed E-state index contributed by atoms with van der Waals surface area (Å²) in [5.41, 5.74) is 4.27. The van der Waals surface area contributed by atoms with Gasteiger partial charge in [-0.2, -0.15) is 0 Å². The fourth-order valence-corrected chi connectivity index (χ4v) is 4.83. The van der Waals surface area contributed by atoms with Gasteiger partial charge in [0.1, 0.15) is 12.6 Å². The molecule has 40 heavy (non-hydrogen) atoms. The van der Waals surface area contributed by atoms with E-state index in [1.807, 2.05) is 48.5 Å². The lowest BCUT2D eigenvalue weighted by atomic mass is 9.98. The number of benzene rings is 2. The highest BCUT2D eigenvalue weighted by molar-refractivity contribution is 6.01. The fraction of sp³-hybridized carbons (Fsp3) is 0.414. The molecule has 1 fully saturated rings. The lowest BCUT2D eigenvalue weighted by Crippen LogP contribution is -2.45. The molecule has 212 valence electrons. The molecule has 2 aromatic rings. The van der Waals surface area contributed by atoms with E-state index in [9.17, 15) is 24.0 Å². The van der Waals surface area contributed by atoms with E-state index in [1.54, 1.807) is 0 Å². The predicted octanol–water partition coefficient (Wildman–Crippen LogP) is 2.82. The molecule has 0 spiro atoms. The SMILES string of the molecule is COCCC(=O)NCCCC[C@H](NC(=O)OCC1c2ccccc2-c2ccccc21)C(=O)ON1C(=O)CCC1=O. The zero-order chi connectivity index (χ0) is 28.5. The van der Waals surface area contributed by atoms with Crippen molar-refractivity contribution in [1.29, 1.82) is 0 Å². The highest BCUT2D eigenvalue weighted by Gasteiger charge is 2.36. The van der Waals surface area contributed by atoms with Gasteiger partial charge in [0.2, 0.25) is 5.91 Å². The number of alkyl carbamates (subject to hydrolysis) is 1. The Hall–Kier alpha value is -4.25. The monoisotopic (exact) mass is 551 g/mol. The standard InChI is InChI=1S/C29H33N3O8/c1-38-17-15-25(33)30-16-7-6-12-24(28(36)40-32-26(34)13-14-27(32)35)31-29(37)39-18-23-21-10-4-2-8-19(21)20-9-3-5-11-22(20)23/h2-5,8-11,23-24H,6-7,12-18H2,1H3,(H,30,33)(H,31,37)/t24-/m0/s1. The van der Waals surface area contributed by atoms with E-state index in [0.29, 0.717) is 31.1 Å². The zero-order valence-electron chi connectivity index (χ0n) is 22.4. The molecular weight excluding hydrogens is 518 g/mol. The summed E-state index contributed by atoms with van der Waals surface area (Å²) in [4.78, 5) is 66.3. The summed E-state index contributed by atoms with van der Waals surface area (Å²) in [6, 6.07) is 14.7. The van der Waals surface area contributed by atoms with E-state index in [4.69, 9.17) is 14.3 Å². The molecule has 0 radical (unpaired) electrons. The first-order valence-corrected chi connectivity index (χ1v) is 13.3. The number of methoxy groups -OCH3 is 1. The Morgan fingerprint density at radius 3 is 2.20 bits per heavy atom. The number of nitrogens with zero attached hydrogens (tertiary/aromatic N) is 1. The van der Waals surface area contributed by atoms with Gasteiger partial charge in [0.05, 0.1) is 6.61 Å². The maximum Gasteiger partial charge on any atom is 0.407 e. The summed E-state index contributed by atoms with van der Waals surface area (Å²) in [5, 5.41) is 5.73. The van der Waals surface area contributed by atoms with E-state index in [0.717, 1.165) is 22.3 Å². The number of amides is 4. The smallest absolute Gasteiger partial charge is 0.407 e. The van der Waals surface area contributed by atoms with Gasteiger partial charge in [-0.25, -0.2) is 9.59 Å². The molecule has 1 heterocycles. The lowest BCUT2D eigenvalue weighted by molar-refractivity contribution is -0.199. The van der Waals surface area contributed by atoms with Crippen LogP contribution in [0.2, 0.25) is 0 Å². The maximum absolute atomic E-state index is 12.9. The number of nitrogens with one attached hydrogen (secondary N) is 2. The third kappa shape index (κ3) is 7.03. The molecule has 4 rings (SSSR count). The molecule has 4 amide bonds. The largest absolute Gasteiger partial charge is 0.449 e. The van der Waals surface area contributed by atoms with E-state index < -0.39 is 29.9 Å². The first kappa shape index (κ1) is 28.8. The Kier molecular flexibility index (Phi) is 9.85. The summed E-state index contributed by atoms with van der Waals surface area (Å²) in [7, 11) is 1.51. The van der Waals surface area contributed by atoms with Crippen LogP contribution in [0, 0.1) is 0 Å². The predicted molar refractivity (Wildman–Crippen MR) is 143 cm³/mol. The van der Waals surface area contributed by atoms with Crippen LogP contribution in [0.1, 0.15) is 55.6 Å². The van der Waals surface area contributed by atoms with Crippen LogP contribution in [-0.2, 0) is 33.5 Å². The van der Waals surface area contributed by atoms with Crippen molar-refractivity contribution in [3.8, 4) is 11.1 Å². The second kappa shape index (κ2) is 13.7. The number of hydrogen-bond acceptors (Lipinski definition) is 8. The second-order valence-corrected chi connectivity index (χ2v) is 9.60. The zero-order valence-corrected chi connectivity index (χ0v) is 22.4. The molecule has 0 saturated carbocycles. The summed E-state index contributed by atoms with van der Waals surface area (Å²) in [6.07, 6.45) is 0.445. The van der Waals surface area contributed by atoms with Gasteiger partial charge in [-0.3, -0.25) is 14.4 Å². The van der Waals surface area contributed by atoms with Gasteiger partial charge < -0.3 is 24.9 Å². The average Bonchev–Trinajstić information content (AvgIpc) is 3.45. The lowest BCUT2D eigenvalue weighted by Gasteiger charge is -2.21. The van der Waals surface area contributed by atoms with Crippen molar-refractivity contribution >= 4 is 29.8 Å². The summed E-state index contributed by atoms with van der Waals surface area (Å²) < 4.78 is 10.4. The molecule has 0 aromatic heterocycles.